The van der Waals surface area contributed by atoms with E-state index < -0.39 is 0 Å². The normalized spacial score (nSPS) is 16.6. The highest BCUT2D eigenvalue weighted by Crippen LogP contribution is 2.41. The molecule has 2 aromatic heterocycles. The fraction of sp³-hybridized carbons (Fsp3) is 0.452. The van der Waals surface area contributed by atoms with Crippen LogP contribution < -0.4 is 4.74 Å². The maximum Gasteiger partial charge on any atom is 0.167 e. The lowest BCUT2D eigenvalue weighted by atomic mass is 9.88. The number of carbonyl (C=O) groups is 1. The molecular weight excluding hydrogens is 476 g/mol. The third kappa shape index (κ3) is 4.93. The Morgan fingerprint density at radius 1 is 1.21 bits per heavy atom. The SMILES string of the molecule is C=C(C1CCCC1)N1CCC(c2cn(C)c3ncc(CC(=O)c4cc(C#N)cc(CO)c4)c(OC)c23)CC1. The van der Waals surface area contributed by atoms with Crippen LogP contribution in [-0.4, -0.2) is 45.5 Å². The second-order valence-corrected chi connectivity index (χ2v) is 10.7. The number of aromatic nitrogens is 2. The van der Waals surface area contributed by atoms with Crippen molar-refractivity contribution in [2.24, 2.45) is 13.0 Å². The maximum atomic E-state index is 13.3. The fourth-order valence-electron chi connectivity index (χ4n) is 6.33. The summed E-state index contributed by atoms with van der Waals surface area (Å²) in [4.78, 5) is 20.5. The quantitative estimate of drug-likeness (QED) is 0.414. The number of fused-ring (bicyclic) bond motifs is 1. The molecule has 3 aromatic rings. The van der Waals surface area contributed by atoms with E-state index >= 15 is 0 Å². The molecule has 0 atom stereocenters. The summed E-state index contributed by atoms with van der Waals surface area (Å²) in [7, 11) is 3.65. The van der Waals surface area contributed by atoms with Crippen LogP contribution in [0.4, 0.5) is 0 Å². The molecule has 0 unspecified atom stereocenters. The fourth-order valence-corrected chi connectivity index (χ4v) is 6.33. The van der Waals surface area contributed by atoms with Crippen molar-refractivity contribution in [1.82, 2.24) is 14.5 Å². The van der Waals surface area contributed by atoms with Gasteiger partial charge in [0.25, 0.3) is 0 Å². The Hall–Kier alpha value is -3.63. The van der Waals surface area contributed by atoms with Gasteiger partial charge in [0, 0.05) is 55.8 Å². The lowest BCUT2D eigenvalue weighted by Gasteiger charge is -2.37. The highest BCUT2D eigenvalue weighted by Gasteiger charge is 2.29. The molecule has 1 aliphatic carbocycles. The summed E-state index contributed by atoms with van der Waals surface area (Å²) in [5.74, 6) is 1.58. The van der Waals surface area contributed by atoms with E-state index in [4.69, 9.17) is 9.72 Å². The molecular formula is C31H36N4O3. The third-order valence-corrected chi connectivity index (χ3v) is 8.39. The van der Waals surface area contributed by atoms with E-state index in [-0.39, 0.29) is 18.8 Å². The summed E-state index contributed by atoms with van der Waals surface area (Å²) < 4.78 is 7.98. The molecule has 2 aliphatic rings. The minimum absolute atomic E-state index is 0.0971. The Kier molecular flexibility index (Phi) is 7.53. The van der Waals surface area contributed by atoms with Crippen molar-refractivity contribution >= 4 is 16.8 Å². The standard InChI is InChI=1S/C31H36N4O3/c1-20(23-6-4-5-7-23)35-10-8-24(9-11-35)27-18-34(2)31-29(27)30(38-3)26(17-33-31)15-28(37)25-13-21(16-32)12-22(14-25)19-36/h12-14,17-18,23-24,36H,1,4-11,15,19H2,2-3H3. The van der Waals surface area contributed by atoms with Gasteiger partial charge < -0.3 is 19.3 Å². The molecule has 0 radical (unpaired) electrons. The molecule has 1 aromatic carbocycles. The van der Waals surface area contributed by atoms with Gasteiger partial charge in [-0.25, -0.2) is 4.98 Å². The first-order chi connectivity index (χ1) is 18.4. The second-order valence-electron chi connectivity index (χ2n) is 10.7. The molecule has 0 bridgehead atoms. The van der Waals surface area contributed by atoms with E-state index in [0.717, 1.165) is 42.5 Å². The lowest BCUT2D eigenvalue weighted by Crippen LogP contribution is -2.34. The number of aryl methyl sites for hydroxylation is 1. The van der Waals surface area contributed by atoms with Gasteiger partial charge in [-0.15, -0.1) is 0 Å². The van der Waals surface area contributed by atoms with Gasteiger partial charge in [-0.05, 0) is 66.8 Å². The van der Waals surface area contributed by atoms with Crippen molar-refractivity contribution in [3.8, 4) is 11.8 Å². The zero-order chi connectivity index (χ0) is 26.8. The molecule has 1 saturated carbocycles. The average molecular weight is 513 g/mol. The van der Waals surface area contributed by atoms with Crippen molar-refractivity contribution < 1.29 is 14.6 Å². The Morgan fingerprint density at radius 3 is 2.61 bits per heavy atom. The number of methoxy groups -OCH3 is 1. The summed E-state index contributed by atoms with van der Waals surface area (Å²) in [5, 5.41) is 19.9. The Bertz CT molecular complexity index is 1400. The van der Waals surface area contributed by atoms with Crippen molar-refractivity contribution in [1.29, 1.82) is 5.26 Å². The van der Waals surface area contributed by atoms with Gasteiger partial charge in [0.05, 0.1) is 30.7 Å². The van der Waals surface area contributed by atoms with Crippen LogP contribution in [0.3, 0.4) is 0 Å². The number of ether oxygens (including phenoxy) is 1. The third-order valence-electron chi connectivity index (χ3n) is 8.39. The van der Waals surface area contributed by atoms with E-state index in [1.165, 1.54) is 36.9 Å². The maximum absolute atomic E-state index is 13.3. The summed E-state index contributed by atoms with van der Waals surface area (Å²) in [6.45, 7) is 6.24. The molecule has 3 heterocycles. The summed E-state index contributed by atoms with van der Waals surface area (Å²) in [6, 6.07) is 6.87. The topological polar surface area (TPSA) is 91.4 Å². The molecule has 7 nitrogen and oxygen atoms in total. The number of rotatable bonds is 8. The zero-order valence-electron chi connectivity index (χ0n) is 22.4. The first-order valence-electron chi connectivity index (χ1n) is 13.6. The van der Waals surface area contributed by atoms with Crippen LogP contribution in [0.25, 0.3) is 11.0 Å². The van der Waals surface area contributed by atoms with Crippen LogP contribution in [0.5, 0.6) is 5.75 Å². The van der Waals surface area contributed by atoms with Crippen LogP contribution in [0, 0.1) is 17.2 Å². The molecule has 38 heavy (non-hydrogen) atoms. The molecule has 198 valence electrons. The number of ketones is 1. The number of hydrogen-bond acceptors (Lipinski definition) is 6. The summed E-state index contributed by atoms with van der Waals surface area (Å²) in [6.07, 6.45) is 11.3. The number of benzene rings is 1. The van der Waals surface area contributed by atoms with Crippen LogP contribution in [0.1, 0.15) is 77.1 Å². The first kappa shape index (κ1) is 26.0. The molecule has 5 rings (SSSR count). The number of aliphatic hydroxyl groups excluding tert-OH is 1. The predicted octanol–water partition coefficient (Wildman–Crippen LogP) is 5.25. The molecule has 1 aliphatic heterocycles. The van der Waals surface area contributed by atoms with Gasteiger partial charge in [-0.3, -0.25) is 4.79 Å². The van der Waals surface area contributed by atoms with E-state index in [2.05, 4.69) is 23.7 Å². The van der Waals surface area contributed by atoms with Crippen molar-refractivity contribution in [3.63, 3.8) is 0 Å². The van der Waals surface area contributed by atoms with Gasteiger partial charge in [-0.1, -0.05) is 19.4 Å². The van der Waals surface area contributed by atoms with Crippen LogP contribution >= 0.6 is 0 Å². The average Bonchev–Trinajstić information content (AvgIpc) is 3.61. The minimum Gasteiger partial charge on any atom is -0.496 e. The van der Waals surface area contributed by atoms with Gasteiger partial charge in [0.2, 0.25) is 0 Å². The smallest absolute Gasteiger partial charge is 0.167 e. The minimum atomic E-state index is -0.229. The highest BCUT2D eigenvalue weighted by atomic mass is 16.5. The number of nitriles is 1. The Balaban J connectivity index is 1.41. The number of Topliss-reactive ketones (excluding diaryl/α,β-unsaturated/α-hetero) is 1. The number of aliphatic hydroxyl groups is 1. The molecule has 1 saturated heterocycles. The van der Waals surface area contributed by atoms with E-state index in [1.54, 1.807) is 31.5 Å². The van der Waals surface area contributed by atoms with Gasteiger partial charge >= 0.3 is 0 Å². The number of hydrogen-bond donors (Lipinski definition) is 1. The van der Waals surface area contributed by atoms with Crippen molar-refractivity contribution in [2.75, 3.05) is 20.2 Å². The largest absolute Gasteiger partial charge is 0.496 e. The first-order valence-corrected chi connectivity index (χ1v) is 13.6. The van der Waals surface area contributed by atoms with Gasteiger partial charge in [-0.2, -0.15) is 5.26 Å². The van der Waals surface area contributed by atoms with E-state index in [9.17, 15) is 15.2 Å². The number of pyridine rings is 1. The van der Waals surface area contributed by atoms with E-state index in [0.29, 0.717) is 34.3 Å². The van der Waals surface area contributed by atoms with Crippen molar-refractivity contribution in [2.45, 2.75) is 57.5 Å². The lowest BCUT2D eigenvalue weighted by molar-refractivity contribution is 0.0992. The predicted molar refractivity (Wildman–Crippen MR) is 147 cm³/mol. The monoisotopic (exact) mass is 512 g/mol. The van der Waals surface area contributed by atoms with Crippen LogP contribution in [0.2, 0.25) is 0 Å². The number of nitrogens with zero attached hydrogens (tertiary/aromatic N) is 4. The Morgan fingerprint density at radius 2 is 1.95 bits per heavy atom. The molecule has 0 amide bonds. The second kappa shape index (κ2) is 11.0. The molecule has 7 heteroatoms. The zero-order valence-corrected chi connectivity index (χ0v) is 22.4. The van der Waals surface area contributed by atoms with E-state index in [1.807, 2.05) is 11.6 Å². The van der Waals surface area contributed by atoms with Gasteiger partial charge in [0.15, 0.2) is 5.78 Å². The number of allylic oxidation sites excluding steroid dienone is 1. The van der Waals surface area contributed by atoms with Crippen LogP contribution in [0.15, 0.2) is 42.9 Å². The molecule has 0 spiro atoms. The summed E-state index contributed by atoms with van der Waals surface area (Å²) >= 11 is 0. The number of likely N-dealkylation sites (tertiary alicyclic amines) is 1. The number of piperidine rings is 1. The van der Waals surface area contributed by atoms with Crippen molar-refractivity contribution in [3.05, 3.63) is 70.7 Å². The molecule has 1 N–H and O–H groups in total. The molecule has 2 fully saturated rings. The summed E-state index contributed by atoms with van der Waals surface area (Å²) in [5.41, 5.74) is 5.41. The number of carbonyl (C=O) groups excluding carboxylic acids is 1. The Labute approximate surface area is 224 Å². The van der Waals surface area contributed by atoms with Crippen LogP contribution in [-0.2, 0) is 20.1 Å². The highest BCUT2D eigenvalue weighted by molar-refractivity contribution is 5.99. The van der Waals surface area contributed by atoms with Gasteiger partial charge in [0.1, 0.15) is 11.4 Å².